The lowest BCUT2D eigenvalue weighted by Gasteiger charge is -2.09. The first kappa shape index (κ1) is 19.6. The van der Waals surface area contributed by atoms with Crippen LogP contribution in [0.5, 0.6) is 0 Å². The van der Waals surface area contributed by atoms with E-state index in [1.807, 2.05) is 18.2 Å². The standard InChI is InChI=1S/C23H20N8O/c1-24-22-20-13-26-21(30-23(32)16-3-4-16)10-19(20)17(12-27-22)5-7-18-6-2-15(11-25-18)14-31-28-8-9-29-31/h2,6,8-13,16H,3-4,14H2,1H3,(H,24,27)(H,26,30,32). The summed E-state index contributed by atoms with van der Waals surface area (Å²) >= 11 is 0. The maximum atomic E-state index is 12.1. The number of nitrogens with one attached hydrogen (secondary N) is 2. The average Bonchev–Trinajstić information content (AvgIpc) is 3.55. The Kier molecular flexibility index (Phi) is 5.17. The van der Waals surface area contributed by atoms with Crippen LogP contribution in [0.4, 0.5) is 11.6 Å². The monoisotopic (exact) mass is 424 g/mol. The van der Waals surface area contributed by atoms with E-state index in [0.717, 1.165) is 34.7 Å². The van der Waals surface area contributed by atoms with Gasteiger partial charge in [-0.25, -0.2) is 15.0 Å². The van der Waals surface area contributed by atoms with Crippen molar-refractivity contribution in [2.45, 2.75) is 19.4 Å². The molecule has 1 saturated carbocycles. The van der Waals surface area contributed by atoms with Crippen LogP contribution in [0, 0.1) is 17.8 Å². The summed E-state index contributed by atoms with van der Waals surface area (Å²) in [5, 5.41) is 15.9. The molecule has 1 aliphatic carbocycles. The summed E-state index contributed by atoms with van der Waals surface area (Å²) in [7, 11) is 1.81. The Morgan fingerprint density at radius 1 is 1.06 bits per heavy atom. The molecule has 9 nitrogen and oxygen atoms in total. The van der Waals surface area contributed by atoms with Gasteiger partial charge in [-0.3, -0.25) is 4.79 Å². The third kappa shape index (κ3) is 4.25. The van der Waals surface area contributed by atoms with Crippen LogP contribution < -0.4 is 10.6 Å². The molecule has 158 valence electrons. The van der Waals surface area contributed by atoms with E-state index in [4.69, 9.17) is 0 Å². The van der Waals surface area contributed by atoms with E-state index in [1.165, 1.54) is 0 Å². The minimum Gasteiger partial charge on any atom is -0.373 e. The minimum absolute atomic E-state index is 0.0157. The van der Waals surface area contributed by atoms with E-state index in [0.29, 0.717) is 23.9 Å². The number of rotatable bonds is 5. The second-order valence-corrected chi connectivity index (χ2v) is 7.51. The Morgan fingerprint density at radius 3 is 2.62 bits per heavy atom. The average molecular weight is 424 g/mol. The van der Waals surface area contributed by atoms with Gasteiger partial charge in [0.1, 0.15) is 17.3 Å². The molecule has 9 heteroatoms. The van der Waals surface area contributed by atoms with Gasteiger partial charge in [0.05, 0.1) is 24.5 Å². The summed E-state index contributed by atoms with van der Waals surface area (Å²) in [5.41, 5.74) is 2.36. The third-order valence-corrected chi connectivity index (χ3v) is 5.15. The molecular formula is C23H20N8O. The van der Waals surface area contributed by atoms with Crippen LogP contribution in [0.1, 0.15) is 29.7 Å². The highest BCUT2D eigenvalue weighted by Gasteiger charge is 2.29. The van der Waals surface area contributed by atoms with Gasteiger partial charge in [0.15, 0.2) is 0 Å². The summed E-state index contributed by atoms with van der Waals surface area (Å²) in [5.74, 6) is 7.60. The highest BCUT2D eigenvalue weighted by molar-refractivity contribution is 5.99. The first-order valence-corrected chi connectivity index (χ1v) is 10.3. The molecule has 1 amide bonds. The van der Waals surface area contributed by atoms with Crippen LogP contribution in [-0.2, 0) is 11.3 Å². The van der Waals surface area contributed by atoms with Crippen LogP contribution in [0.2, 0.25) is 0 Å². The third-order valence-electron chi connectivity index (χ3n) is 5.15. The van der Waals surface area contributed by atoms with Crippen LogP contribution in [0.25, 0.3) is 10.8 Å². The quantitative estimate of drug-likeness (QED) is 0.474. The molecule has 0 spiro atoms. The number of aromatic nitrogens is 6. The summed E-state index contributed by atoms with van der Waals surface area (Å²) in [6.07, 6.45) is 10.3. The molecule has 1 aliphatic rings. The van der Waals surface area contributed by atoms with Gasteiger partial charge < -0.3 is 10.6 Å². The van der Waals surface area contributed by atoms with Gasteiger partial charge in [-0.2, -0.15) is 15.0 Å². The lowest BCUT2D eigenvalue weighted by atomic mass is 10.1. The summed E-state index contributed by atoms with van der Waals surface area (Å²) < 4.78 is 0. The van der Waals surface area contributed by atoms with Crippen molar-refractivity contribution in [3.63, 3.8) is 0 Å². The number of amides is 1. The topological polar surface area (TPSA) is 111 Å². The number of carbonyl (C=O) groups excluding carboxylic acids is 1. The van der Waals surface area contributed by atoms with Crippen LogP contribution in [0.3, 0.4) is 0 Å². The molecule has 1 fully saturated rings. The Bertz CT molecular complexity index is 1330. The zero-order valence-electron chi connectivity index (χ0n) is 17.4. The van der Waals surface area contributed by atoms with Gasteiger partial charge in [0.25, 0.3) is 0 Å². The van der Waals surface area contributed by atoms with E-state index in [2.05, 4.69) is 47.6 Å². The Hall–Kier alpha value is -4.32. The molecular weight excluding hydrogens is 404 g/mol. The highest BCUT2D eigenvalue weighted by atomic mass is 16.2. The zero-order chi connectivity index (χ0) is 21.9. The lowest BCUT2D eigenvalue weighted by Crippen LogP contribution is -2.14. The van der Waals surface area contributed by atoms with Crippen molar-refractivity contribution in [2.75, 3.05) is 17.7 Å². The molecule has 0 unspecified atom stereocenters. The minimum atomic E-state index is 0.0157. The van der Waals surface area contributed by atoms with Crippen molar-refractivity contribution in [2.24, 2.45) is 5.92 Å². The number of pyridine rings is 3. The lowest BCUT2D eigenvalue weighted by molar-refractivity contribution is -0.117. The van der Waals surface area contributed by atoms with E-state index < -0.39 is 0 Å². The maximum Gasteiger partial charge on any atom is 0.228 e. The van der Waals surface area contributed by atoms with Gasteiger partial charge in [-0.1, -0.05) is 12.0 Å². The Labute approximate surface area is 184 Å². The summed E-state index contributed by atoms with van der Waals surface area (Å²) in [6.45, 7) is 0.552. The second-order valence-electron chi connectivity index (χ2n) is 7.51. The summed E-state index contributed by atoms with van der Waals surface area (Å²) in [6, 6.07) is 5.66. The zero-order valence-corrected chi connectivity index (χ0v) is 17.4. The number of hydrogen-bond acceptors (Lipinski definition) is 7. The molecule has 2 N–H and O–H groups in total. The van der Waals surface area contributed by atoms with Crippen LogP contribution in [0.15, 0.2) is 49.2 Å². The Balaban J connectivity index is 1.43. The van der Waals surface area contributed by atoms with E-state index in [1.54, 1.807) is 42.8 Å². The van der Waals surface area contributed by atoms with Crippen molar-refractivity contribution in [1.82, 2.24) is 29.9 Å². The second kappa shape index (κ2) is 8.43. The maximum absolute atomic E-state index is 12.1. The fourth-order valence-electron chi connectivity index (χ4n) is 3.29. The Morgan fingerprint density at radius 2 is 1.91 bits per heavy atom. The predicted octanol–water partition coefficient (Wildman–Crippen LogP) is 2.45. The molecule has 0 atom stereocenters. The van der Waals surface area contributed by atoms with Crippen LogP contribution >= 0.6 is 0 Å². The molecule has 0 radical (unpaired) electrons. The molecule has 0 saturated heterocycles. The van der Waals surface area contributed by atoms with Gasteiger partial charge in [-0.15, -0.1) is 0 Å². The molecule has 4 aromatic heterocycles. The largest absolute Gasteiger partial charge is 0.373 e. The van der Waals surface area contributed by atoms with E-state index in [9.17, 15) is 4.79 Å². The number of hydrogen-bond donors (Lipinski definition) is 2. The van der Waals surface area contributed by atoms with E-state index in [-0.39, 0.29) is 11.8 Å². The fraction of sp³-hybridized carbons (Fsp3) is 0.217. The first-order valence-electron chi connectivity index (χ1n) is 10.3. The van der Waals surface area contributed by atoms with Gasteiger partial charge in [0, 0.05) is 42.3 Å². The molecule has 0 aromatic carbocycles. The molecule has 4 heterocycles. The SMILES string of the molecule is CNc1ncc(C#Cc2ccc(Cn3nccn3)cn2)c2cc(NC(=O)C3CC3)ncc12. The summed E-state index contributed by atoms with van der Waals surface area (Å²) in [4.78, 5) is 27.0. The van der Waals surface area contributed by atoms with Crippen LogP contribution in [-0.4, -0.2) is 42.9 Å². The smallest absolute Gasteiger partial charge is 0.228 e. The van der Waals surface area contributed by atoms with Crippen molar-refractivity contribution < 1.29 is 4.79 Å². The fourth-order valence-corrected chi connectivity index (χ4v) is 3.29. The number of nitrogens with zero attached hydrogens (tertiary/aromatic N) is 6. The first-order chi connectivity index (χ1) is 15.7. The number of carbonyl (C=O) groups is 1. The molecule has 0 aliphatic heterocycles. The molecule has 4 aromatic rings. The number of fused-ring (bicyclic) bond motifs is 1. The van der Waals surface area contributed by atoms with E-state index >= 15 is 0 Å². The van der Waals surface area contributed by atoms with Crippen molar-refractivity contribution in [3.05, 3.63) is 66.0 Å². The normalized spacial score (nSPS) is 12.8. The van der Waals surface area contributed by atoms with Gasteiger partial charge >= 0.3 is 0 Å². The predicted molar refractivity (Wildman–Crippen MR) is 120 cm³/mol. The molecule has 0 bridgehead atoms. The van der Waals surface area contributed by atoms with Crippen molar-refractivity contribution in [3.8, 4) is 11.8 Å². The van der Waals surface area contributed by atoms with Gasteiger partial charge in [0.2, 0.25) is 5.91 Å². The van der Waals surface area contributed by atoms with Gasteiger partial charge in [-0.05, 0) is 36.5 Å². The number of anilines is 2. The van der Waals surface area contributed by atoms with Crippen molar-refractivity contribution in [1.29, 1.82) is 0 Å². The molecule has 5 rings (SSSR count). The highest BCUT2D eigenvalue weighted by Crippen LogP contribution is 2.31. The van der Waals surface area contributed by atoms with Crippen molar-refractivity contribution >= 4 is 28.3 Å². The molecule has 32 heavy (non-hydrogen) atoms.